The van der Waals surface area contributed by atoms with Gasteiger partial charge in [0.1, 0.15) is 22.8 Å². The van der Waals surface area contributed by atoms with Gasteiger partial charge in [-0.3, -0.25) is 4.90 Å². The molecule has 0 bridgehead atoms. The van der Waals surface area contributed by atoms with Gasteiger partial charge in [-0.15, -0.1) is 0 Å². The number of benzene rings is 1. The van der Waals surface area contributed by atoms with Crippen LogP contribution in [0.5, 0.6) is 5.75 Å². The lowest BCUT2D eigenvalue weighted by Gasteiger charge is -2.17. The number of aryl methyl sites for hydroxylation is 1. The summed E-state index contributed by atoms with van der Waals surface area (Å²) in [5.41, 5.74) is 1.67. The fourth-order valence-electron chi connectivity index (χ4n) is 2.41. The number of ether oxygens (including phenoxy) is 1. The number of rotatable bonds is 7. The molecule has 23 heavy (non-hydrogen) atoms. The Kier molecular flexibility index (Phi) is 5.39. The van der Waals surface area contributed by atoms with Gasteiger partial charge in [0.2, 0.25) is 0 Å². The Bertz CT molecular complexity index is 679. The zero-order chi connectivity index (χ0) is 17.0. The molecule has 0 amide bonds. The van der Waals surface area contributed by atoms with E-state index < -0.39 is 5.97 Å². The number of carboxylic acids is 1. The Morgan fingerprint density at radius 1 is 1.39 bits per heavy atom. The van der Waals surface area contributed by atoms with E-state index >= 15 is 0 Å². The van der Waals surface area contributed by atoms with Gasteiger partial charge in [-0.2, -0.15) is 0 Å². The Morgan fingerprint density at radius 2 is 2.13 bits per heavy atom. The molecule has 0 spiro atoms. The van der Waals surface area contributed by atoms with Gasteiger partial charge in [-0.1, -0.05) is 17.3 Å². The second-order valence-electron chi connectivity index (χ2n) is 5.85. The molecule has 0 aliphatic heterocycles. The lowest BCUT2D eigenvalue weighted by Crippen LogP contribution is -2.19. The maximum atomic E-state index is 11.3. The van der Waals surface area contributed by atoms with Crippen molar-refractivity contribution in [1.29, 1.82) is 0 Å². The number of nitrogens with zero attached hydrogens (tertiary/aromatic N) is 2. The second-order valence-corrected chi connectivity index (χ2v) is 5.85. The number of carboxylic acid groups (broad SMARTS) is 1. The quantitative estimate of drug-likeness (QED) is 0.845. The highest BCUT2D eigenvalue weighted by Gasteiger charge is 2.20. The van der Waals surface area contributed by atoms with Gasteiger partial charge in [0.05, 0.1) is 6.10 Å². The first kappa shape index (κ1) is 17.0. The molecule has 0 aliphatic rings. The van der Waals surface area contributed by atoms with E-state index in [-0.39, 0.29) is 11.7 Å². The lowest BCUT2D eigenvalue weighted by atomic mass is 10.1. The van der Waals surface area contributed by atoms with Crippen LogP contribution >= 0.6 is 0 Å². The fraction of sp³-hybridized carbons (Fsp3) is 0.412. The van der Waals surface area contributed by atoms with E-state index in [0.29, 0.717) is 24.5 Å². The molecule has 0 fully saturated rings. The molecule has 124 valence electrons. The Hall–Kier alpha value is -2.34. The zero-order valence-corrected chi connectivity index (χ0v) is 13.9. The summed E-state index contributed by atoms with van der Waals surface area (Å²) in [7, 11) is 1.91. The molecule has 0 saturated heterocycles. The van der Waals surface area contributed by atoms with Crippen LogP contribution in [0, 0.1) is 6.92 Å². The van der Waals surface area contributed by atoms with Crippen molar-refractivity contribution in [1.82, 2.24) is 10.1 Å². The zero-order valence-electron chi connectivity index (χ0n) is 13.9. The number of hydrogen-bond donors (Lipinski definition) is 1. The van der Waals surface area contributed by atoms with Crippen LogP contribution in [0.3, 0.4) is 0 Å². The van der Waals surface area contributed by atoms with Gasteiger partial charge >= 0.3 is 5.97 Å². The third-order valence-corrected chi connectivity index (χ3v) is 3.29. The predicted molar refractivity (Wildman–Crippen MR) is 85.6 cm³/mol. The minimum Gasteiger partial charge on any atom is -0.491 e. The number of aromatic nitrogens is 1. The maximum absolute atomic E-state index is 11.3. The van der Waals surface area contributed by atoms with Crippen LogP contribution in [0.15, 0.2) is 28.8 Å². The van der Waals surface area contributed by atoms with E-state index in [2.05, 4.69) is 5.16 Å². The van der Waals surface area contributed by atoms with Crippen molar-refractivity contribution < 1.29 is 19.2 Å². The van der Waals surface area contributed by atoms with Crippen molar-refractivity contribution in [3.63, 3.8) is 0 Å². The lowest BCUT2D eigenvalue weighted by molar-refractivity contribution is 0.0693. The Labute approximate surface area is 135 Å². The molecule has 0 atom stereocenters. The summed E-state index contributed by atoms with van der Waals surface area (Å²) in [6.07, 6.45) is 0.124. The summed E-state index contributed by atoms with van der Waals surface area (Å²) in [5.74, 6) is 0.141. The van der Waals surface area contributed by atoms with Crippen molar-refractivity contribution in [2.45, 2.75) is 40.0 Å². The van der Waals surface area contributed by atoms with Gasteiger partial charge < -0.3 is 14.4 Å². The van der Waals surface area contributed by atoms with Gasteiger partial charge in [0.15, 0.2) is 0 Å². The first-order valence-corrected chi connectivity index (χ1v) is 7.49. The smallest absolute Gasteiger partial charge is 0.341 e. The fourth-order valence-corrected chi connectivity index (χ4v) is 2.41. The summed E-state index contributed by atoms with van der Waals surface area (Å²) < 4.78 is 10.7. The van der Waals surface area contributed by atoms with Crippen molar-refractivity contribution >= 4 is 5.97 Å². The van der Waals surface area contributed by atoms with E-state index in [4.69, 9.17) is 9.26 Å². The first-order chi connectivity index (χ1) is 10.9. The van der Waals surface area contributed by atoms with Crippen molar-refractivity contribution in [3.8, 4) is 5.75 Å². The second kappa shape index (κ2) is 7.28. The van der Waals surface area contributed by atoms with Crippen LogP contribution in [-0.2, 0) is 13.1 Å². The SMILES string of the molecule is Cc1onc(CN(C)Cc2cccc(OC(C)C)c2)c1C(=O)O. The van der Waals surface area contributed by atoms with Crippen molar-refractivity contribution in [3.05, 3.63) is 46.8 Å². The van der Waals surface area contributed by atoms with Crippen LogP contribution in [0.1, 0.15) is 41.2 Å². The molecule has 2 rings (SSSR count). The molecule has 0 aliphatic carbocycles. The highest BCUT2D eigenvalue weighted by atomic mass is 16.5. The highest BCUT2D eigenvalue weighted by Crippen LogP contribution is 2.18. The third-order valence-electron chi connectivity index (χ3n) is 3.29. The van der Waals surface area contributed by atoms with Crippen molar-refractivity contribution in [2.24, 2.45) is 0 Å². The van der Waals surface area contributed by atoms with Crippen LogP contribution in [0.25, 0.3) is 0 Å². The molecule has 1 heterocycles. The third kappa shape index (κ3) is 4.56. The first-order valence-electron chi connectivity index (χ1n) is 7.49. The van der Waals surface area contributed by atoms with Gasteiger partial charge in [-0.05, 0) is 45.5 Å². The summed E-state index contributed by atoms with van der Waals surface area (Å²) >= 11 is 0. The van der Waals surface area contributed by atoms with Crippen LogP contribution in [0.4, 0.5) is 0 Å². The van der Waals surface area contributed by atoms with Crippen molar-refractivity contribution in [2.75, 3.05) is 7.05 Å². The molecule has 6 heteroatoms. The monoisotopic (exact) mass is 318 g/mol. The topological polar surface area (TPSA) is 75.8 Å². The van der Waals surface area contributed by atoms with Gasteiger partial charge in [-0.25, -0.2) is 4.79 Å². The van der Waals surface area contributed by atoms with Crippen LogP contribution in [0.2, 0.25) is 0 Å². The number of hydrogen-bond acceptors (Lipinski definition) is 5. The van der Waals surface area contributed by atoms with Gasteiger partial charge in [0, 0.05) is 13.1 Å². The molecule has 0 radical (unpaired) electrons. The molecule has 2 aromatic rings. The molecule has 1 N–H and O–H groups in total. The van der Waals surface area contributed by atoms with Crippen LogP contribution < -0.4 is 4.74 Å². The molecule has 1 aromatic carbocycles. The van der Waals surface area contributed by atoms with E-state index in [9.17, 15) is 9.90 Å². The van der Waals surface area contributed by atoms with E-state index in [1.54, 1.807) is 6.92 Å². The predicted octanol–water partition coefficient (Wildman–Crippen LogP) is 3.10. The van der Waals surface area contributed by atoms with Gasteiger partial charge in [0.25, 0.3) is 0 Å². The molecular formula is C17H22N2O4. The average Bonchev–Trinajstić information content (AvgIpc) is 2.79. The molecule has 6 nitrogen and oxygen atoms in total. The maximum Gasteiger partial charge on any atom is 0.341 e. The highest BCUT2D eigenvalue weighted by molar-refractivity contribution is 5.89. The largest absolute Gasteiger partial charge is 0.491 e. The molecular weight excluding hydrogens is 296 g/mol. The molecule has 1 aromatic heterocycles. The standard InChI is InChI=1S/C17H22N2O4/c1-11(2)22-14-7-5-6-13(8-14)9-19(4)10-15-16(17(20)21)12(3)23-18-15/h5-8,11H,9-10H2,1-4H3,(H,20,21). The normalized spacial score (nSPS) is 11.2. The number of aromatic carboxylic acids is 1. The summed E-state index contributed by atoms with van der Waals surface area (Å²) in [6, 6.07) is 7.87. The Morgan fingerprint density at radius 3 is 2.78 bits per heavy atom. The van der Waals surface area contributed by atoms with Crippen LogP contribution in [-0.4, -0.2) is 34.3 Å². The summed E-state index contributed by atoms with van der Waals surface area (Å²) in [5, 5.41) is 13.1. The molecule has 0 saturated carbocycles. The number of carbonyl (C=O) groups is 1. The average molecular weight is 318 g/mol. The summed E-state index contributed by atoms with van der Waals surface area (Å²) in [6.45, 7) is 6.62. The Balaban J connectivity index is 2.05. The van der Waals surface area contributed by atoms with E-state index in [0.717, 1.165) is 11.3 Å². The van der Waals surface area contributed by atoms with E-state index in [1.807, 2.05) is 50.1 Å². The summed E-state index contributed by atoms with van der Waals surface area (Å²) in [4.78, 5) is 13.2. The minimum atomic E-state index is -1.01. The molecule has 0 unspecified atom stereocenters. The van der Waals surface area contributed by atoms with E-state index in [1.165, 1.54) is 0 Å². The minimum absolute atomic E-state index is 0.124.